The molecule has 0 saturated carbocycles. The summed E-state index contributed by atoms with van der Waals surface area (Å²) in [6.45, 7) is 3.27. The summed E-state index contributed by atoms with van der Waals surface area (Å²) in [6, 6.07) is 6.34. The fourth-order valence-corrected chi connectivity index (χ4v) is 4.34. The third-order valence-corrected chi connectivity index (χ3v) is 6.32. The zero-order valence-electron chi connectivity index (χ0n) is 19.2. The highest BCUT2D eigenvalue weighted by molar-refractivity contribution is 5.62. The summed E-state index contributed by atoms with van der Waals surface area (Å²) >= 11 is 0. The summed E-state index contributed by atoms with van der Waals surface area (Å²) in [7, 11) is 0. The summed E-state index contributed by atoms with van der Waals surface area (Å²) in [6.07, 6.45) is -16.5. The average molecular weight is 538 g/mol. The molecule has 1 unspecified atom stereocenters. The maximum Gasteiger partial charge on any atom is 0.430 e. The van der Waals surface area contributed by atoms with Crippen molar-refractivity contribution in [2.45, 2.75) is 57.0 Å². The Morgan fingerprint density at radius 2 is 1.59 bits per heavy atom. The first-order valence-corrected chi connectivity index (χ1v) is 10.8. The van der Waals surface area contributed by atoms with Crippen LogP contribution in [0.3, 0.4) is 0 Å². The molecule has 2 aromatic carbocycles. The minimum Gasteiger partial charge on any atom is -0.441 e. The van der Waals surface area contributed by atoms with Crippen LogP contribution in [0.2, 0.25) is 0 Å². The van der Waals surface area contributed by atoms with Crippen molar-refractivity contribution in [2.24, 2.45) is 0 Å². The summed E-state index contributed by atoms with van der Waals surface area (Å²) in [5.41, 5.74) is -6.35. The highest BCUT2D eigenvalue weighted by Crippen LogP contribution is 2.51. The smallest absolute Gasteiger partial charge is 0.430 e. The molecule has 1 aromatic heterocycles. The molecule has 0 bridgehead atoms. The monoisotopic (exact) mass is 538 g/mol. The van der Waals surface area contributed by atoms with Gasteiger partial charge in [-0.3, -0.25) is 0 Å². The lowest BCUT2D eigenvalue weighted by Gasteiger charge is -2.33. The SMILES string of the molecule is Cc1oc(-c2cccc(C(F)(F)F)c2)nc1CN1c2ccc(C(O)(C(F)(F)F)C(F)(F)F)cc2CC1C. The van der Waals surface area contributed by atoms with E-state index in [0.29, 0.717) is 23.5 Å². The number of oxazole rings is 1. The second-order valence-corrected chi connectivity index (χ2v) is 8.83. The van der Waals surface area contributed by atoms with E-state index in [1.54, 1.807) is 11.8 Å². The molecule has 4 rings (SSSR count). The number of benzene rings is 2. The minimum absolute atomic E-state index is 0.0324. The van der Waals surface area contributed by atoms with E-state index in [4.69, 9.17) is 4.42 Å². The number of aryl methyl sites for hydroxylation is 1. The van der Waals surface area contributed by atoms with Crippen LogP contribution < -0.4 is 4.90 Å². The van der Waals surface area contributed by atoms with E-state index >= 15 is 0 Å². The minimum atomic E-state index is -6.00. The van der Waals surface area contributed by atoms with E-state index in [1.165, 1.54) is 19.1 Å². The number of aliphatic hydroxyl groups is 1. The van der Waals surface area contributed by atoms with E-state index in [9.17, 15) is 44.6 Å². The fourth-order valence-electron chi connectivity index (χ4n) is 4.34. The fraction of sp³-hybridized carbons (Fsp3) is 0.375. The molecule has 37 heavy (non-hydrogen) atoms. The number of anilines is 1. The molecule has 4 nitrogen and oxygen atoms in total. The first-order chi connectivity index (χ1) is 16.9. The van der Waals surface area contributed by atoms with Crippen LogP contribution in [-0.4, -0.2) is 28.5 Å². The molecule has 0 fully saturated rings. The van der Waals surface area contributed by atoms with Gasteiger partial charge in [-0.05, 0) is 50.1 Å². The van der Waals surface area contributed by atoms with Crippen molar-refractivity contribution in [1.29, 1.82) is 0 Å². The van der Waals surface area contributed by atoms with Crippen LogP contribution >= 0.6 is 0 Å². The number of rotatable bonds is 4. The summed E-state index contributed by atoms with van der Waals surface area (Å²) in [4.78, 5) is 5.96. The Labute approximate surface area is 204 Å². The maximum atomic E-state index is 13.3. The Kier molecular flexibility index (Phi) is 6.29. The number of hydrogen-bond donors (Lipinski definition) is 1. The van der Waals surface area contributed by atoms with Crippen molar-refractivity contribution in [2.75, 3.05) is 4.90 Å². The number of nitrogens with zero attached hydrogens (tertiary/aromatic N) is 2. The van der Waals surface area contributed by atoms with E-state index in [2.05, 4.69) is 4.98 Å². The number of hydrogen-bond acceptors (Lipinski definition) is 4. The van der Waals surface area contributed by atoms with Crippen molar-refractivity contribution in [3.8, 4) is 11.5 Å². The second kappa shape index (κ2) is 8.67. The van der Waals surface area contributed by atoms with Crippen molar-refractivity contribution in [3.05, 3.63) is 70.6 Å². The predicted molar refractivity (Wildman–Crippen MR) is 113 cm³/mol. The normalized spacial score (nSPS) is 16.9. The first-order valence-electron chi connectivity index (χ1n) is 10.8. The summed E-state index contributed by atoms with van der Waals surface area (Å²) in [5.74, 6) is 0.217. The van der Waals surface area contributed by atoms with Gasteiger partial charge in [0.05, 0.1) is 12.1 Å². The molecule has 1 aliphatic rings. The Morgan fingerprint density at radius 3 is 2.19 bits per heavy atom. The number of halogens is 9. The van der Waals surface area contributed by atoms with Crippen molar-refractivity contribution < 1.29 is 49.0 Å². The van der Waals surface area contributed by atoms with E-state index < -0.39 is 35.3 Å². The summed E-state index contributed by atoms with van der Waals surface area (Å²) < 4.78 is 124. The van der Waals surface area contributed by atoms with E-state index in [1.807, 2.05) is 0 Å². The van der Waals surface area contributed by atoms with Crippen molar-refractivity contribution in [3.63, 3.8) is 0 Å². The van der Waals surface area contributed by atoms with Gasteiger partial charge in [-0.15, -0.1) is 0 Å². The average Bonchev–Trinajstić information content (AvgIpc) is 3.30. The first kappa shape index (κ1) is 26.8. The molecule has 1 N–H and O–H groups in total. The molecule has 0 radical (unpaired) electrons. The van der Waals surface area contributed by atoms with Crippen LogP contribution in [0.5, 0.6) is 0 Å². The molecule has 0 saturated heterocycles. The van der Waals surface area contributed by atoms with Gasteiger partial charge in [-0.25, -0.2) is 4.98 Å². The van der Waals surface area contributed by atoms with Gasteiger partial charge in [0.1, 0.15) is 11.5 Å². The highest BCUT2D eigenvalue weighted by Gasteiger charge is 2.71. The molecular weight excluding hydrogens is 519 g/mol. The van der Waals surface area contributed by atoms with Gasteiger partial charge >= 0.3 is 18.5 Å². The van der Waals surface area contributed by atoms with Crippen molar-refractivity contribution in [1.82, 2.24) is 4.98 Å². The molecule has 0 amide bonds. The van der Waals surface area contributed by atoms with Gasteiger partial charge < -0.3 is 14.4 Å². The molecule has 200 valence electrons. The van der Waals surface area contributed by atoms with Crippen LogP contribution in [0.4, 0.5) is 45.2 Å². The van der Waals surface area contributed by atoms with Gasteiger partial charge in [0.2, 0.25) is 5.89 Å². The Balaban J connectivity index is 1.65. The third-order valence-electron chi connectivity index (χ3n) is 6.32. The second-order valence-electron chi connectivity index (χ2n) is 8.83. The molecule has 0 spiro atoms. The Morgan fingerprint density at radius 1 is 0.946 bits per heavy atom. The quantitative estimate of drug-likeness (QED) is 0.366. The number of alkyl halides is 9. The number of aromatic nitrogens is 1. The Hall–Kier alpha value is -3.22. The lowest BCUT2D eigenvalue weighted by molar-refractivity contribution is -0.376. The van der Waals surface area contributed by atoms with E-state index in [0.717, 1.165) is 18.2 Å². The van der Waals surface area contributed by atoms with Gasteiger partial charge in [0.15, 0.2) is 0 Å². The predicted octanol–water partition coefficient (Wildman–Crippen LogP) is 6.93. The van der Waals surface area contributed by atoms with Crippen LogP contribution in [0.15, 0.2) is 46.9 Å². The molecular formula is C24H19F9N2O2. The third kappa shape index (κ3) is 4.64. The van der Waals surface area contributed by atoms with Gasteiger partial charge in [-0.2, -0.15) is 39.5 Å². The molecule has 0 aliphatic carbocycles. The zero-order valence-corrected chi connectivity index (χ0v) is 19.2. The largest absolute Gasteiger partial charge is 0.441 e. The van der Waals surface area contributed by atoms with Crippen LogP contribution in [0.1, 0.15) is 35.1 Å². The maximum absolute atomic E-state index is 13.3. The lowest BCUT2D eigenvalue weighted by Crippen LogP contribution is -2.53. The van der Waals surface area contributed by atoms with Crippen molar-refractivity contribution >= 4 is 5.69 Å². The standard InChI is InChI=1S/C24H19F9N2O2/c1-12-8-15-10-16(21(36,23(28,29)30)24(31,32)33)6-7-19(15)35(12)11-18-13(2)37-20(34-18)14-4-3-5-17(9-14)22(25,26)27/h3-7,9-10,12,36H,8,11H2,1-2H3. The summed E-state index contributed by atoms with van der Waals surface area (Å²) in [5, 5.41) is 9.71. The molecule has 2 heterocycles. The van der Waals surface area contributed by atoms with Gasteiger partial charge in [0.25, 0.3) is 5.60 Å². The highest BCUT2D eigenvalue weighted by atomic mass is 19.4. The lowest BCUT2D eigenvalue weighted by atomic mass is 9.90. The Bertz CT molecular complexity index is 1290. The molecule has 1 atom stereocenters. The van der Waals surface area contributed by atoms with E-state index in [-0.39, 0.29) is 41.8 Å². The van der Waals surface area contributed by atoms with Crippen LogP contribution in [0.25, 0.3) is 11.5 Å². The van der Waals surface area contributed by atoms with Crippen LogP contribution in [-0.2, 0) is 24.7 Å². The van der Waals surface area contributed by atoms with Gasteiger partial charge in [0, 0.05) is 22.9 Å². The van der Waals surface area contributed by atoms with Gasteiger partial charge in [-0.1, -0.05) is 18.2 Å². The molecule has 3 aromatic rings. The topological polar surface area (TPSA) is 49.5 Å². The van der Waals surface area contributed by atoms with Crippen LogP contribution in [0, 0.1) is 6.92 Å². The molecule has 1 aliphatic heterocycles. The molecule has 13 heteroatoms. The zero-order chi connectivity index (χ0) is 27.6. The number of fused-ring (bicyclic) bond motifs is 1.